The van der Waals surface area contributed by atoms with Gasteiger partial charge in [0.15, 0.2) is 0 Å². The molecule has 1 aliphatic heterocycles. The Balaban J connectivity index is 1.68. The fourth-order valence-electron chi connectivity index (χ4n) is 6.17. The fraction of sp³-hybridized carbons (Fsp3) is 0.556. The Morgan fingerprint density at radius 3 is 2.23 bits per heavy atom. The number of hydrogen-bond acceptors (Lipinski definition) is 8. The van der Waals surface area contributed by atoms with Crippen LogP contribution in [0.15, 0.2) is 42.5 Å². The van der Waals surface area contributed by atoms with E-state index in [9.17, 15) is 40.8 Å². The third-order valence-corrected chi connectivity index (χ3v) is 10.1. The van der Waals surface area contributed by atoms with Crippen LogP contribution in [0.3, 0.4) is 0 Å². The molecule has 0 saturated carbocycles. The molecule has 12 nitrogen and oxygen atoms in total. The minimum Gasteiger partial charge on any atom is -0.444 e. The van der Waals surface area contributed by atoms with Crippen LogP contribution in [0, 0.1) is 5.41 Å². The van der Waals surface area contributed by atoms with Crippen molar-refractivity contribution in [2.24, 2.45) is 5.41 Å². The van der Waals surface area contributed by atoms with Crippen molar-refractivity contribution in [3.63, 3.8) is 0 Å². The molecule has 0 aromatic heterocycles. The summed E-state index contributed by atoms with van der Waals surface area (Å²) in [4.78, 5) is 57.4. The van der Waals surface area contributed by atoms with E-state index in [1.54, 1.807) is 41.5 Å². The maximum atomic E-state index is 14.6. The second-order valence-electron chi connectivity index (χ2n) is 15.3. The summed E-state index contributed by atoms with van der Waals surface area (Å²) in [5.74, 6) is -2.44. The average Bonchev–Trinajstić information content (AvgIpc) is 3.03. The van der Waals surface area contributed by atoms with Gasteiger partial charge in [-0.25, -0.2) is 4.79 Å². The van der Waals surface area contributed by atoms with Crippen LogP contribution in [-0.2, 0) is 48.6 Å². The van der Waals surface area contributed by atoms with E-state index in [0.717, 1.165) is 41.0 Å². The number of aryl methyl sites for hydroxylation is 1. The molecule has 2 aromatic rings. The number of fused-ring (bicyclic) bond motifs is 2. The van der Waals surface area contributed by atoms with E-state index >= 15 is 0 Å². The van der Waals surface area contributed by atoms with E-state index in [1.165, 1.54) is 24.9 Å². The first-order chi connectivity index (χ1) is 23.9. The second kappa shape index (κ2) is 15.0. The first-order valence-electron chi connectivity index (χ1n) is 17.0. The standard InChI is InChI=1S/C36H47F3N4O8S/c1-21(42(8)33(47)50-35(5,6)7)30(44)41-29(34(2,3)4)32(46)43-20-24-18-25(51-52(48,49)36(37,38)39)17-16-23(24)19-28(43)31(45)40-27-15-11-13-22-12-9-10-14-26(22)27/h9-10,12,14,16-18,21,27-29H,11,13,15,19-20H2,1-8H3,(H,40,45)(H,41,44)/t21?,27-,28?,29?/m1/s1. The van der Waals surface area contributed by atoms with Crippen molar-refractivity contribution in [3.05, 3.63) is 64.7 Å². The maximum absolute atomic E-state index is 14.6. The first kappa shape index (κ1) is 40.4. The highest BCUT2D eigenvalue weighted by molar-refractivity contribution is 7.88. The van der Waals surface area contributed by atoms with E-state index in [1.807, 2.05) is 24.3 Å². The number of ether oxygens (including phenoxy) is 1. The topological polar surface area (TPSA) is 151 Å². The van der Waals surface area contributed by atoms with Gasteiger partial charge in [-0.2, -0.15) is 21.6 Å². The average molecular weight is 753 g/mol. The number of nitrogens with zero attached hydrogens (tertiary/aromatic N) is 2. The Hall–Kier alpha value is -4.34. The molecule has 3 unspecified atom stereocenters. The van der Waals surface area contributed by atoms with Crippen LogP contribution in [-0.4, -0.2) is 78.3 Å². The molecule has 0 bridgehead atoms. The zero-order valence-corrected chi connectivity index (χ0v) is 31.4. The molecule has 1 aliphatic carbocycles. The zero-order chi connectivity index (χ0) is 39.0. The lowest BCUT2D eigenvalue weighted by Gasteiger charge is -2.42. The van der Waals surface area contributed by atoms with Gasteiger partial charge in [-0.05, 0) is 86.8 Å². The molecule has 52 heavy (non-hydrogen) atoms. The Morgan fingerprint density at radius 2 is 1.62 bits per heavy atom. The zero-order valence-electron chi connectivity index (χ0n) is 30.6. The van der Waals surface area contributed by atoms with Crippen LogP contribution >= 0.6 is 0 Å². The highest BCUT2D eigenvalue weighted by atomic mass is 32.2. The molecule has 16 heteroatoms. The third kappa shape index (κ3) is 9.36. The number of carbonyl (C=O) groups excluding carboxylic acids is 4. The van der Waals surface area contributed by atoms with Gasteiger partial charge >= 0.3 is 21.7 Å². The summed E-state index contributed by atoms with van der Waals surface area (Å²) in [5, 5.41) is 5.84. The van der Waals surface area contributed by atoms with E-state index in [0.29, 0.717) is 12.0 Å². The number of likely N-dealkylation sites (N-methyl/N-ethyl adjacent to an activating group) is 1. The molecule has 0 fully saturated rings. The van der Waals surface area contributed by atoms with Gasteiger partial charge in [0.1, 0.15) is 29.5 Å². The summed E-state index contributed by atoms with van der Waals surface area (Å²) in [6.07, 6.45) is 1.53. The SMILES string of the molecule is CC(C(=O)NC(C(=O)N1Cc2cc(OS(=O)(=O)C(F)(F)F)ccc2CC1C(=O)N[C@@H]1CCCc2ccccc21)C(C)(C)C)N(C)C(=O)OC(C)(C)C. The molecule has 286 valence electrons. The predicted octanol–water partition coefficient (Wildman–Crippen LogP) is 5.15. The lowest BCUT2D eigenvalue weighted by molar-refractivity contribution is -0.147. The molecule has 0 saturated heterocycles. The number of alkyl halides is 3. The molecule has 4 amide bonds. The first-order valence-corrected chi connectivity index (χ1v) is 18.4. The number of amides is 4. The van der Waals surface area contributed by atoms with Gasteiger partial charge in [0.25, 0.3) is 0 Å². The van der Waals surface area contributed by atoms with Gasteiger partial charge in [0, 0.05) is 20.0 Å². The van der Waals surface area contributed by atoms with Crippen molar-refractivity contribution in [3.8, 4) is 5.75 Å². The predicted molar refractivity (Wildman–Crippen MR) is 185 cm³/mol. The van der Waals surface area contributed by atoms with Gasteiger partial charge < -0.3 is 24.5 Å². The largest absolute Gasteiger partial charge is 0.534 e. The Morgan fingerprint density at radius 1 is 0.962 bits per heavy atom. The van der Waals surface area contributed by atoms with Crippen LogP contribution < -0.4 is 14.8 Å². The van der Waals surface area contributed by atoms with Gasteiger partial charge in [-0.15, -0.1) is 0 Å². The van der Waals surface area contributed by atoms with E-state index < -0.39 is 74.3 Å². The molecule has 2 N–H and O–H groups in total. The van der Waals surface area contributed by atoms with Crippen LogP contribution in [0.2, 0.25) is 0 Å². The van der Waals surface area contributed by atoms with Gasteiger partial charge in [0.2, 0.25) is 17.7 Å². The van der Waals surface area contributed by atoms with Crippen molar-refractivity contribution in [1.29, 1.82) is 0 Å². The minimum absolute atomic E-state index is 0.0594. The maximum Gasteiger partial charge on any atom is 0.534 e. The molecular weight excluding hydrogens is 705 g/mol. The van der Waals surface area contributed by atoms with E-state index in [2.05, 4.69) is 14.8 Å². The summed E-state index contributed by atoms with van der Waals surface area (Å²) >= 11 is 0. The summed E-state index contributed by atoms with van der Waals surface area (Å²) in [7, 11) is -4.59. The molecule has 0 radical (unpaired) electrons. The number of rotatable bonds is 8. The van der Waals surface area contributed by atoms with Crippen LogP contribution in [0.25, 0.3) is 0 Å². The third-order valence-electron chi connectivity index (χ3n) is 9.11. The van der Waals surface area contributed by atoms with Crippen LogP contribution in [0.1, 0.15) is 89.6 Å². The number of carbonyl (C=O) groups is 4. The summed E-state index contributed by atoms with van der Waals surface area (Å²) in [6, 6.07) is 7.50. The second-order valence-corrected chi connectivity index (χ2v) is 16.9. The van der Waals surface area contributed by atoms with Crippen molar-refractivity contribution >= 4 is 33.9 Å². The van der Waals surface area contributed by atoms with Gasteiger partial charge in [-0.3, -0.25) is 19.3 Å². The summed E-state index contributed by atoms with van der Waals surface area (Å²) in [5.41, 5.74) is -4.62. The molecular formula is C36H47F3N4O8S. The summed E-state index contributed by atoms with van der Waals surface area (Å²) < 4.78 is 72.6. The van der Waals surface area contributed by atoms with Crippen molar-refractivity contribution < 1.29 is 49.7 Å². The Kier molecular flexibility index (Phi) is 11.6. The molecule has 4 rings (SSSR count). The Bertz CT molecular complexity index is 1800. The van der Waals surface area contributed by atoms with Gasteiger partial charge in [-0.1, -0.05) is 51.1 Å². The summed E-state index contributed by atoms with van der Waals surface area (Å²) in [6.45, 7) is 11.3. The lowest BCUT2D eigenvalue weighted by Crippen LogP contribution is -2.62. The van der Waals surface area contributed by atoms with E-state index in [4.69, 9.17) is 4.74 Å². The van der Waals surface area contributed by atoms with Crippen LogP contribution in [0.4, 0.5) is 18.0 Å². The van der Waals surface area contributed by atoms with Crippen LogP contribution in [0.5, 0.6) is 5.75 Å². The minimum atomic E-state index is -5.98. The molecule has 2 aromatic carbocycles. The Labute approximate surface area is 302 Å². The van der Waals surface area contributed by atoms with Crippen molar-refractivity contribution in [2.75, 3.05) is 7.05 Å². The highest BCUT2D eigenvalue weighted by Gasteiger charge is 2.49. The van der Waals surface area contributed by atoms with Gasteiger partial charge in [0.05, 0.1) is 6.04 Å². The normalized spacial score (nSPS) is 18.9. The lowest BCUT2D eigenvalue weighted by atomic mass is 9.83. The monoisotopic (exact) mass is 752 g/mol. The number of nitrogens with one attached hydrogen (secondary N) is 2. The number of hydrogen-bond donors (Lipinski definition) is 2. The molecule has 0 spiro atoms. The van der Waals surface area contributed by atoms with E-state index in [-0.39, 0.29) is 24.6 Å². The highest BCUT2D eigenvalue weighted by Crippen LogP contribution is 2.34. The fourth-order valence-corrected chi connectivity index (χ4v) is 6.62. The quantitative estimate of drug-likeness (QED) is 0.278. The molecule has 1 heterocycles. The molecule has 2 aliphatic rings. The number of halogens is 3. The number of benzene rings is 2. The van der Waals surface area contributed by atoms with Crippen molar-refractivity contribution in [2.45, 2.75) is 116 Å². The van der Waals surface area contributed by atoms with Crippen molar-refractivity contribution in [1.82, 2.24) is 20.4 Å². The smallest absolute Gasteiger partial charge is 0.444 e. The molecule has 4 atom stereocenters.